The van der Waals surface area contributed by atoms with Gasteiger partial charge in [0.05, 0.1) is 0 Å². The van der Waals surface area contributed by atoms with Crippen LogP contribution >= 0.6 is 0 Å². The van der Waals surface area contributed by atoms with Gasteiger partial charge in [0.1, 0.15) is 24.1 Å². The van der Waals surface area contributed by atoms with Crippen LogP contribution in [0.15, 0.2) is 18.6 Å². The van der Waals surface area contributed by atoms with Gasteiger partial charge in [-0.05, 0) is 39.7 Å². The van der Waals surface area contributed by atoms with Gasteiger partial charge in [-0.1, -0.05) is 0 Å². The van der Waals surface area contributed by atoms with Crippen LogP contribution in [0, 0.1) is 0 Å². The number of piperazine rings is 1. The van der Waals surface area contributed by atoms with Gasteiger partial charge in [-0.15, -0.1) is 0 Å². The van der Waals surface area contributed by atoms with Crippen molar-refractivity contribution >= 4 is 11.8 Å². The molecule has 0 spiro atoms. The van der Waals surface area contributed by atoms with E-state index in [1.54, 1.807) is 19.4 Å². The molecule has 0 radical (unpaired) electrons. The predicted octanol–water partition coefficient (Wildman–Crippen LogP) is 1.70. The minimum Gasteiger partial charge on any atom is -0.385 e. The molecule has 2 fully saturated rings. The summed E-state index contributed by atoms with van der Waals surface area (Å²) >= 11 is 0. The molecule has 8 nitrogen and oxygen atoms in total. The monoisotopic (exact) mass is 355 g/mol. The van der Waals surface area contributed by atoms with E-state index >= 15 is 0 Å². The third kappa shape index (κ3) is 3.33. The first kappa shape index (κ1) is 17.1. The Morgan fingerprint density at radius 3 is 2.46 bits per heavy atom. The van der Waals surface area contributed by atoms with Crippen molar-refractivity contribution in [3.63, 3.8) is 0 Å². The smallest absolute Gasteiger partial charge is 0.229 e. The first-order valence-corrected chi connectivity index (χ1v) is 9.26. The molecular formula is C18H25N7O. The molecule has 3 atom stereocenters. The average Bonchev–Trinajstić information content (AvgIpc) is 3.46. The molecule has 1 saturated carbocycles. The van der Waals surface area contributed by atoms with Crippen LogP contribution in [0.3, 0.4) is 0 Å². The van der Waals surface area contributed by atoms with Crippen LogP contribution in [0.25, 0.3) is 0 Å². The predicted molar refractivity (Wildman–Crippen MR) is 98.1 cm³/mol. The number of nitrogens with zero attached hydrogens (tertiary/aromatic N) is 7. The topological polar surface area (TPSA) is 91.2 Å². The maximum absolute atomic E-state index is 9.74. The summed E-state index contributed by atoms with van der Waals surface area (Å²) in [7, 11) is 0. The van der Waals surface area contributed by atoms with Gasteiger partial charge in [0.25, 0.3) is 0 Å². The fourth-order valence-corrected chi connectivity index (χ4v) is 3.61. The Kier molecular flexibility index (Phi) is 4.44. The number of hydrogen-bond acceptors (Lipinski definition) is 8. The number of rotatable bonds is 4. The molecule has 3 heterocycles. The van der Waals surface area contributed by atoms with Crippen LogP contribution in [-0.4, -0.2) is 55.2 Å². The summed E-state index contributed by atoms with van der Waals surface area (Å²) in [5.74, 6) is 3.52. The molecule has 26 heavy (non-hydrogen) atoms. The zero-order chi connectivity index (χ0) is 18.3. The Morgan fingerprint density at radius 2 is 1.81 bits per heavy atom. The molecule has 138 valence electrons. The van der Waals surface area contributed by atoms with Crippen molar-refractivity contribution in [3.05, 3.63) is 30.2 Å². The van der Waals surface area contributed by atoms with Crippen molar-refractivity contribution in [1.82, 2.24) is 24.9 Å². The fourth-order valence-electron chi connectivity index (χ4n) is 3.61. The van der Waals surface area contributed by atoms with E-state index in [1.165, 1.54) is 12.8 Å². The minimum absolute atomic E-state index is 0.234. The van der Waals surface area contributed by atoms with Crippen molar-refractivity contribution in [2.24, 2.45) is 0 Å². The van der Waals surface area contributed by atoms with Gasteiger partial charge in [0.2, 0.25) is 5.95 Å². The number of aliphatic hydroxyl groups is 1. The second-order valence-electron chi connectivity index (χ2n) is 7.38. The van der Waals surface area contributed by atoms with Gasteiger partial charge >= 0.3 is 0 Å². The normalized spacial score (nSPS) is 24.6. The molecule has 4 rings (SSSR count). The molecule has 1 N–H and O–H groups in total. The lowest BCUT2D eigenvalue weighted by atomic mass is 10.1. The van der Waals surface area contributed by atoms with E-state index in [0.29, 0.717) is 11.7 Å². The molecule has 1 saturated heterocycles. The lowest BCUT2D eigenvalue weighted by Crippen LogP contribution is -2.58. The van der Waals surface area contributed by atoms with Gasteiger partial charge in [-0.2, -0.15) is 4.98 Å². The van der Waals surface area contributed by atoms with Crippen LogP contribution in [-0.2, 0) is 0 Å². The first-order chi connectivity index (χ1) is 12.5. The summed E-state index contributed by atoms with van der Waals surface area (Å²) in [4.78, 5) is 26.7. The number of aromatic nitrogens is 5. The highest BCUT2D eigenvalue weighted by Crippen LogP contribution is 2.38. The van der Waals surface area contributed by atoms with Crippen molar-refractivity contribution in [3.8, 4) is 0 Å². The average molecular weight is 355 g/mol. The Bertz CT molecular complexity index is 768. The molecule has 1 aliphatic heterocycles. The van der Waals surface area contributed by atoms with Gasteiger partial charge in [0.15, 0.2) is 5.82 Å². The number of hydrogen-bond donors (Lipinski definition) is 1. The van der Waals surface area contributed by atoms with E-state index in [-0.39, 0.29) is 12.1 Å². The van der Waals surface area contributed by atoms with Gasteiger partial charge in [0, 0.05) is 37.3 Å². The van der Waals surface area contributed by atoms with E-state index in [2.05, 4.69) is 43.6 Å². The highest BCUT2D eigenvalue weighted by Gasteiger charge is 2.33. The van der Waals surface area contributed by atoms with Crippen LogP contribution in [0.5, 0.6) is 0 Å². The van der Waals surface area contributed by atoms with E-state index < -0.39 is 6.10 Å². The van der Waals surface area contributed by atoms with Crippen LogP contribution in [0.2, 0.25) is 0 Å². The number of anilines is 2. The second-order valence-corrected chi connectivity index (χ2v) is 7.38. The molecule has 8 heteroatoms. The molecule has 0 bridgehead atoms. The van der Waals surface area contributed by atoms with Crippen molar-refractivity contribution < 1.29 is 5.11 Å². The summed E-state index contributed by atoms with van der Waals surface area (Å²) in [5.41, 5.74) is 0. The Hall–Kier alpha value is -2.35. The third-order valence-electron chi connectivity index (χ3n) is 5.03. The molecular weight excluding hydrogens is 330 g/mol. The van der Waals surface area contributed by atoms with E-state index in [1.807, 2.05) is 6.07 Å². The highest BCUT2D eigenvalue weighted by molar-refractivity contribution is 5.44. The molecule has 1 aliphatic carbocycles. The molecule has 0 amide bonds. The zero-order valence-electron chi connectivity index (χ0n) is 15.4. The van der Waals surface area contributed by atoms with Crippen molar-refractivity contribution in [1.29, 1.82) is 0 Å². The van der Waals surface area contributed by atoms with Crippen molar-refractivity contribution in [2.75, 3.05) is 22.9 Å². The molecule has 0 unspecified atom stereocenters. The third-order valence-corrected chi connectivity index (χ3v) is 5.03. The van der Waals surface area contributed by atoms with Gasteiger partial charge in [-0.3, -0.25) is 0 Å². The summed E-state index contributed by atoms with van der Waals surface area (Å²) < 4.78 is 0. The number of aliphatic hydroxyl groups excluding tert-OH is 1. The molecule has 2 aromatic heterocycles. The quantitative estimate of drug-likeness (QED) is 0.886. The van der Waals surface area contributed by atoms with Crippen LogP contribution < -0.4 is 9.80 Å². The van der Waals surface area contributed by atoms with Crippen LogP contribution in [0.4, 0.5) is 11.8 Å². The van der Waals surface area contributed by atoms with E-state index in [9.17, 15) is 5.11 Å². The molecule has 2 aromatic rings. The summed E-state index contributed by atoms with van der Waals surface area (Å²) in [6.07, 6.45) is 5.04. The van der Waals surface area contributed by atoms with E-state index in [4.69, 9.17) is 4.98 Å². The lowest BCUT2D eigenvalue weighted by molar-refractivity contribution is 0.189. The maximum Gasteiger partial charge on any atom is 0.229 e. The summed E-state index contributed by atoms with van der Waals surface area (Å²) in [6.45, 7) is 7.66. The Balaban J connectivity index is 1.54. The summed E-state index contributed by atoms with van der Waals surface area (Å²) in [5, 5.41) is 9.74. The molecule has 2 aliphatic rings. The highest BCUT2D eigenvalue weighted by atomic mass is 16.3. The second kappa shape index (κ2) is 6.75. The van der Waals surface area contributed by atoms with Gasteiger partial charge < -0.3 is 14.9 Å². The van der Waals surface area contributed by atoms with Crippen LogP contribution in [0.1, 0.15) is 57.3 Å². The molecule has 0 aromatic carbocycles. The Labute approximate surface area is 153 Å². The fraction of sp³-hybridized carbons (Fsp3) is 0.611. The summed E-state index contributed by atoms with van der Waals surface area (Å²) in [6, 6.07) is 2.37. The largest absolute Gasteiger partial charge is 0.385 e. The maximum atomic E-state index is 9.74. The Morgan fingerprint density at radius 1 is 1.08 bits per heavy atom. The van der Waals surface area contributed by atoms with Crippen molar-refractivity contribution in [2.45, 2.75) is 57.7 Å². The zero-order valence-corrected chi connectivity index (χ0v) is 15.4. The SMILES string of the molecule is C[C@@H]1CN(c2ccnc([C@@H](C)O)n2)C[C@H](C)N1c1ncnc(C2CC2)n1. The standard InChI is InChI=1S/C18H25N7O/c1-11-8-24(15-6-7-19-16(22-15)13(3)26)9-12(2)25(11)18-21-10-20-17(23-18)14-4-5-14/h6-7,10-14,26H,4-5,8-9H2,1-3H3/t11-,12+,13-/m1/s1. The van der Waals surface area contributed by atoms with E-state index in [0.717, 1.165) is 30.7 Å². The lowest BCUT2D eigenvalue weighted by Gasteiger charge is -2.44. The first-order valence-electron chi connectivity index (χ1n) is 9.26. The minimum atomic E-state index is -0.669. The van der Waals surface area contributed by atoms with Gasteiger partial charge in [-0.25, -0.2) is 19.9 Å².